The van der Waals surface area contributed by atoms with Crippen molar-refractivity contribution in [1.29, 1.82) is 0 Å². The van der Waals surface area contributed by atoms with Crippen molar-refractivity contribution in [2.45, 2.75) is 125 Å². The Kier molecular flexibility index (Phi) is 5.07. The highest BCUT2D eigenvalue weighted by Gasteiger charge is 2.70. The summed E-state index contributed by atoms with van der Waals surface area (Å²) in [7, 11) is 0. The van der Waals surface area contributed by atoms with Gasteiger partial charge in [-0.2, -0.15) is 0 Å². The maximum atomic E-state index is 11.7. The summed E-state index contributed by atoms with van der Waals surface area (Å²) in [5.41, 5.74) is 1.48. The van der Waals surface area contributed by atoms with E-state index in [0.29, 0.717) is 11.8 Å². The molecular weight excluding hydrogens is 408 g/mol. The first kappa shape index (κ1) is 24.3. The number of fused-ring (bicyclic) bond motifs is 7. The maximum Gasteiger partial charge on any atom is 0.0632 e. The van der Waals surface area contributed by atoms with Crippen molar-refractivity contribution >= 4 is 0 Å². The van der Waals surface area contributed by atoms with Gasteiger partial charge in [-0.05, 0) is 96.2 Å². The van der Waals surface area contributed by atoms with Crippen LogP contribution < -0.4 is 0 Å². The molecule has 188 valence electrons. The molecule has 3 N–H and O–H groups in total. The van der Waals surface area contributed by atoms with E-state index < -0.39 is 17.6 Å². The molecule has 0 aliphatic heterocycles. The van der Waals surface area contributed by atoms with Crippen LogP contribution in [0.3, 0.4) is 0 Å². The number of aliphatic hydroxyl groups excluding tert-OH is 3. The standard InChI is InChI=1S/C30H50O3/c1-25(2)15-19-18-9-10-21-27(5)13-12-22(31)26(3,4)20(27)11-14-28(21,6)29(18,7)17-24(33)30(19,8)23(32)16-25/h9,19-24,31-33H,10-17H2,1-8H3. The van der Waals surface area contributed by atoms with Gasteiger partial charge in [0.1, 0.15) is 0 Å². The fourth-order valence-corrected chi connectivity index (χ4v) is 10.7. The highest BCUT2D eigenvalue weighted by atomic mass is 16.3. The van der Waals surface area contributed by atoms with Crippen LogP contribution in [-0.4, -0.2) is 33.6 Å². The van der Waals surface area contributed by atoms with Gasteiger partial charge in [-0.1, -0.05) is 67.0 Å². The lowest BCUT2D eigenvalue weighted by atomic mass is 9.33. The van der Waals surface area contributed by atoms with Crippen LogP contribution >= 0.6 is 0 Å². The highest BCUT2D eigenvalue weighted by molar-refractivity contribution is 5.35. The normalized spacial score (nSPS) is 57.1. The predicted octanol–water partition coefficient (Wildman–Crippen LogP) is 6.11. The van der Waals surface area contributed by atoms with Crippen LogP contribution in [-0.2, 0) is 0 Å². The zero-order chi connectivity index (χ0) is 24.4. The molecule has 0 aromatic carbocycles. The average molecular weight is 459 g/mol. The number of aliphatic hydroxyl groups is 3. The van der Waals surface area contributed by atoms with Gasteiger partial charge in [0.25, 0.3) is 0 Å². The van der Waals surface area contributed by atoms with E-state index >= 15 is 0 Å². The average Bonchev–Trinajstić information content (AvgIpc) is 2.68. The Labute approximate surface area is 202 Å². The van der Waals surface area contributed by atoms with Gasteiger partial charge in [-0.15, -0.1) is 0 Å². The van der Waals surface area contributed by atoms with Crippen molar-refractivity contribution in [2.75, 3.05) is 0 Å². The molecular formula is C30H50O3. The molecule has 3 nitrogen and oxygen atoms in total. The van der Waals surface area contributed by atoms with Crippen molar-refractivity contribution in [3.8, 4) is 0 Å². The van der Waals surface area contributed by atoms with Crippen LogP contribution in [0.25, 0.3) is 0 Å². The summed E-state index contributed by atoms with van der Waals surface area (Å²) in [4.78, 5) is 0. The fourth-order valence-electron chi connectivity index (χ4n) is 10.7. The summed E-state index contributed by atoms with van der Waals surface area (Å²) >= 11 is 0. The summed E-state index contributed by atoms with van der Waals surface area (Å²) in [5, 5.41) is 33.9. The van der Waals surface area contributed by atoms with E-state index in [1.807, 2.05) is 0 Å². The Morgan fingerprint density at radius 3 is 2.03 bits per heavy atom. The lowest BCUT2D eigenvalue weighted by molar-refractivity contribution is -0.225. The molecule has 4 saturated carbocycles. The van der Waals surface area contributed by atoms with Gasteiger partial charge in [0.05, 0.1) is 18.3 Å². The van der Waals surface area contributed by atoms with Crippen molar-refractivity contribution in [2.24, 2.45) is 50.2 Å². The van der Waals surface area contributed by atoms with Gasteiger partial charge in [-0.3, -0.25) is 0 Å². The second kappa shape index (κ2) is 6.88. The summed E-state index contributed by atoms with van der Waals surface area (Å²) in [6, 6.07) is 0. The van der Waals surface area contributed by atoms with Gasteiger partial charge >= 0.3 is 0 Å². The SMILES string of the molecule is CC1(C)CC(O)C2(C)C(O)CC3(C)C(=CCC4C5(C)CCC(O)C(C)(C)C5CCC43C)C2C1. The van der Waals surface area contributed by atoms with Crippen LogP contribution in [0.1, 0.15) is 107 Å². The van der Waals surface area contributed by atoms with E-state index in [0.717, 1.165) is 38.5 Å². The second-order valence-electron chi connectivity index (χ2n) is 15.4. The molecule has 5 rings (SSSR count). The predicted molar refractivity (Wildman–Crippen MR) is 133 cm³/mol. The molecule has 0 saturated heterocycles. The van der Waals surface area contributed by atoms with Gasteiger partial charge in [0.2, 0.25) is 0 Å². The molecule has 0 heterocycles. The van der Waals surface area contributed by atoms with Gasteiger partial charge in [0, 0.05) is 5.41 Å². The van der Waals surface area contributed by atoms with Gasteiger partial charge < -0.3 is 15.3 Å². The molecule has 4 fully saturated rings. The molecule has 10 unspecified atom stereocenters. The molecule has 33 heavy (non-hydrogen) atoms. The second-order valence-corrected chi connectivity index (χ2v) is 15.4. The van der Waals surface area contributed by atoms with Crippen molar-refractivity contribution in [3.63, 3.8) is 0 Å². The number of allylic oxidation sites excluding steroid dienone is 2. The minimum atomic E-state index is -0.471. The molecule has 0 bridgehead atoms. The topological polar surface area (TPSA) is 60.7 Å². The van der Waals surface area contributed by atoms with Crippen molar-refractivity contribution < 1.29 is 15.3 Å². The van der Waals surface area contributed by atoms with E-state index in [2.05, 4.69) is 61.5 Å². The van der Waals surface area contributed by atoms with Crippen LogP contribution in [0.15, 0.2) is 11.6 Å². The van der Waals surface area contributed by atoms with Gasteiger partial charge in [0.15, 0.2) is 0 Å². The number of hydrogen-bond donors (Lipinski definition) is 3. The van der Waals surface area contributed by atoms with E-state index in [1.165, 1.54) is 12.8 Å². The molecule has 0 aromatic heterocycles. The fraction of sp³-hybridized carbons (Fsp3) is 0.933. The lowest BCUT2D eigenvalue weighted by Crippen LogP contribution is -2.67. The summed E-state index contributed by atoms with van der Waals surface area (Å²) in [6.07, 6.45) is 9.52. The number of rotatable bonds is 0. The first-order chi connectivity index (χ1) is 15.0. The molecule has 0 radical (unpaired) electrons. The number of hydrogen-bond acceptors (Lipinski definition) is 3. The maximum absolute atomic E-state index is 11.7. The third-order valence-corrected chi connectivity index (χ3v) is 13.2. The molecule has 0 spiro atoms. The molecule has 10 atom stereocenters. The van der Waals surface area contributed by atoms with E-state index in [-0.39, 0.29) is 39.1 Å². The monoisotopic (exact) mass is 458 g/mol. The Morgan fingerprint density at radius 2 is 1.36 bits per heavy atom. The largest absolute Gasteiger partial charge is 0.393 e. The van der Waals surface area contributed by atoms with Crippen molar-refractivity contribution in [3.05, 3.63) is 11.6 Å². The first-order valence-corrected chi connectivity index (χ1v) is 13.8. The summed E-state index contributed by atoms with van der Waals surface area (Å²) in [5.74, 6) is 1.36. The Bertz CT molecular complexity index is 859. The Balaban J connectivity index is 1.61. The summed E-state index contributed by atoms with van der Waals surface area (Å²) < 4.78 is 0. The van der Waals surface area contributed by atoms with Crippen LogP contribution in [0, 0.1) is 50.2 Å². The van der Waals surface area contributed by atoms with E-state index in [9.17, 15) is 15.3 Å². The third kappa shape index (κ3) is 2.85. The van der Waals surface area contributed by atoms with Crippen LogP contribution in [0.2, 0.25) is 0 Å². The van der Waals surface area contributed by atoms with E-state index in [4.69, 9.17) is 0 Å². The zero-order valence-corrected chi connectivity index (χ0v) is 22.5. The van der Waals surface area contributed by atoms with Crippen LogP contribution in [0.5, 0.6) is 0 Å². The molecule has 5 aliphatic carbocycles. The molecule has 5 aliphatic rings. The highest BCUT2D eigenvalue weighted by Crippen LogP contribution is 2.75. The lowest BCUT2D eigenvalue weighted by Gasteiger charge is -2.72. The third-order valence-electron chi connectivity index (χ3n) is 13.2. The Morgan fingerprint density at radius 1 is 0.727 bits per heavy atom. The minimum absolute atomic E-state index is 0.0403. The molecule has 3 heteroatoms. The molecule has 0 amide bonds. The quantitative estimate of drug-likeness (QED) is 0.384. The Hall–Kier alpha value is -0.380. The van der Waals surface area contributed by atoms with E-state index in [1.54, 1.807) is 5.57 Å². The van der Waals surface area contributed by atoms with Gasteiger partial charge in [-0.25, -0.2) is 0 Å². The summed E-state index contributed by atoms with van der Waals surface area (Å²) in [6.45, 7) is 18.9. The van der Waals surface area contributed by atoms with Crippen molar-refractivity contribution in [1.82, 2.24) is 0 Å². The van der Waals surface area contributed by atoms with Crippen LogP contribution in [0.4, 0.5) is 0 Å². The first-order valence-electron chi connectivity index (χ1n) is 13.8. The smallest absolute Gasteiger partial charge is 0.0632 e. The minimum Gasteiger partial charge on any atom is -0.393 e. The molecule has 0 aromatic rings. The zero-order valence-electron chi connectivity index (χ0n) is 22.5.